The zero-order valence-corrected chi connectivity index (χ0v) is 11.6. The summed E-state index contributed by atoms with van der Waals surface area (Å²) < 4.78 is 0. The summed E-state index contributed by atoms with van der Waals surface area (Å²) in [7, 11) is 2.13. The lowest BCUT2D eigenvalue weighted by Gasteiger charge is -2.19. The van der Waals surface area contributed by atoms with Gasteiger partial charge in [-0.15, -0.1) is 11.3 Å². The van der Waals surface area contributed by atoms with Crippen molar-refractivity contribution < 1.29 is 0 Å². The van der Waals surface area contributed by atoms with E-state index in [0.29, 0.717) is 0 Å². The van der Waals surface area contributed by atoms with Crippen molar-refractivity contribution in [1.82, 2.24) is 9.97 Å². The van der Waals surface area contributed by atoms with Crippen molar-refractivity contribution in [2.45, 2.75) is 19.8 Å². The SMILES string of the molecule is CCNc1nc(N(C)CC2CC2)c2ccsc2n1. The number of rotatable bonds is 5. The molecule has 1 aliphatic carbocycles. The standard InChI is InChI=1S/C13H18N4S/c1-3-14-13-15-11(17(2)8-9-4-5-9)10-6-7-18-12(10)16-13/h6-7,9H,3-5,8H2,1-2H3,(H,14,15,16). The van der Waals surface area contributed by atoms with Gasteiger partial charge < -0.3 is 10.2 Å². The summed E-state index contributed by atoms with van der Waals surface area (Å²) in [4.78, 5) is 12.5. The molecule has 2 aromatic rings. The first-order valence-corrected chi connectivity index (χ1v) is 7.36. The maximum absolute atomic E-state index is 4.65. The van der Waals surface area contributed by atoms with Crippen molar-refractivity contribution >= 4 is 33.3 Å². The minimum absolute atomic E-state index is 0.741. The Kier molecular flexibility index (Phi) is 3.07. The summed E-state index contributed by atoms with van der Waals surface area (Å²) in [5, 5.41) is 6.47. The minimum atomic E-state index is 0.741. The molecule has 0 spiro atoms. The molecule has 0 amide bonds. The van der Waals surface area contributed by atoms with Crippen LogP contribution in [0.25, 0.3) is 10.2 Å². The summed E-state index contributed by atoms with van der Waals surface area (Å²) >= 11 is 1.68. The lowest BCUT2D eigenvalue weighted by atomic mass is 10.3. The molecule has 1 fully saturated rings. The van der Waals surface area contributed by atoms with Crippen LogP contribution in [0.2, 0.25) is 0 Å². The van der Waals surface area contributed by atoms with Gasteiger partial charge >= 0.3 is 0 Å². The lowest BCUT2D eigenvalue weighted by molar-refractivity contribution is 0.779. The van der Waals surface area contributed by atoms with Gasteiger partial charge in [0.25, 0.3) is 0 Å². The molecule has 2 heterocycles. The van der Waals surface area contributed by atoms with Gasteiger partial charge in [0.2, 0.25) is 5.95 Å². The molecule has 0 saturated heterocycles. The molecule has 0 bridgehead atoms. The fourth-order valence-electron chi connectivity index (χ4n) is 2.14. The van der Waals surface area contributed by atoms with E-state index in [4.69, 9.17) is 0 Å². The number of aromatic nitrogens is 2. The van der Waals surface area contributed by atoms with E-state index in [2.05, 4.69) is 45.6 Å². The summed E-state index contributed by atoms with van der Waals surface area (Å²) in [6.45, 7) is 4.02. The summed E-state index contributed by atoms with van der Waals surface area (Å²) in [6.07, 6.45) is 2.73. The number of nitrogens with zero attached hydrogens (tertiary/aromatic N) is 3. The Balaban J connectivity index is 1.97. The van der Waals surface area contributed by atoms with Gasteiger partial charge in [-0.25, -0.2) is 4.98 Å². The van der Waals surface area contributed by atoms with Crippen molar-refractivity contribution in [3.8, 4) is 0 Å². The van der Waals surface area contributed by atoms with Crippen molar-refractivity contribution in [2.24, 2.45) is 5.92 Å². The largest absolute Gasteiger partial charge is 0.359 e. The van der Waals surface area contributed by atoms with Crippen LogP contribution in [-0.4, -0.2) is 30.1 Å². The van der Waals surface area contributed by atoms with E-state index in [1.807, 2.05) is 0 Å². The van der Waals surface area contributed by atoms with Crippen LogP contribution in [0.15, 0.2) is 11.4 Å². The Morgan fingerprint density at radius 1 is 1.44 bits per heavy atom. The van der Waals surface area contributed by atoms with Gasteiger partial charge in [0.1, 0.15) is 10.6 Å². The van der Waals surface area contributed by atoms with Crippen LogP contribution in [0.1, 0.15) is 19.8 Å². The molecule has 0 aliphatic heterocycles. The van der Waals surface area contributed by atoms with Gasteiger partial charge in [0, 0.05) is 20.1 Å². The quantitative estimate of drug-likeness (QED) is 0.899. The number of anilines is 2. The molecule has 2 aromatic heterocycles. The van der Waals surface area contributed by atoms with Gasteiger partial charge in [0.05, 0.1) is 5.39 Å². The zero-order chi connectivity index (χ0) is 12.5. The highest BCUT2D eigenvalue weighted by Crippen LogP contribution is 2.33. The van der Waals surface area contributed by atoms with E-state index in [9.17, 15) is 0 Å². The summed E-state index contributed by atoms with van der Waals surface area (Å²) in [5.41, 5.74) is 0. The highest BCUT2D eigenvalue weighted by Gasteiger charge is 2.24. The molecule has 0 radical (unpaired) electrons. The van der Waals surface area contributed by atoms with E-state index in [1.54, 1.807) is 11.3 Å². The molecule has 0 atom stereocenters. The molecule has 3 rings (SSSR count). The Morgan fingerprint density at radius 3 is 3.00 bits per heavy atom. The Bertz CT molecular complexity index is 547. The lowest BCUT2D eigenvalue weighted by Crippen LogP contribution is -2.22. The van der Waals surface area contributed by atoms with Gasteiger partial charge in [-0.05, 0) is 37.1 Å². The van der Waals surface area contributed by atoms with Crippen LogP contribution in [0.5, 0.6) is 0 Å². The van der Waals surface area contributed by atoms with Crippen LogP contribution in [0.4, 0.5) is 11.8 Å². The Morgan fingerprint density at radius 2 is 2.28 bits per heavy atom. The van der Waals surface area contributed by atoms with Crippen LogP contribution < -0.4 is 10.2 Å². The minimum Gasteiger partial charge on any atom is -0.359 e. The average molecular weight is 262 g/mol. The second-order valence-corrected chi connectivity index (χ2v) is 5.76. The fraction of sp³-hybridized carbons (Fsp3) is 0.538. The molecule has 1 saturated carbocycles. The van der Waals surface area contributed by atoms with Gasteiger partial charge in [-0.3, -0.25) is 0 Å². The van der Waals surface area contributed by atoms with Crippen LogP contribution in [0, 0.1) is 5.92 Å². The van der Waals surface area contributed by atoms with Crippen LogP contribution >= 0.6 is 11.3 Å². The smallest absolute Gasteiger partial charge is 0.226 e. The monoisotopic (exact) mass is 262 g/mol. The molecule has 1 aliphatic rings. The molecule has 4 nitrogen and oxygen atoms in total. The van der Waals surface area contributed by atoms with Gasteiger partial charge in [-0.2, -0.15) is 4.98 Å². The van der Waals surface area contributed by atoms with Crippen LogP contribution in [-0.2, 0) is 0 Å². The van der Waals surface area contributed by atoms with Crippen molar-refractivity contribution in [2.75, 3.05) is 30.4 Å². The van der Waals surface area contributed by atoms with Crippen molar-refractivity contribution in [3.63, 3.8) is 0 Å². The highest BCUT2D eigenvalue weighted by atomic mass is 32.1. The third kappa shape index (κ3) is 2.27. The predicted molar refractivity (Wildman–Crippen MR) is 77.6 cm³/mol. The topological polar surface area (TPSA) is 41.1 Å². The van der Waals surface area contributed by atoms with E-state index in [0.717, 1.165) is 35.6 Å². The number of thiophene rings is 1. The van der Waals surface area contributed by atoms with Crippen molar-refractivity contribution in [1.29, 1.82) is 0 Å². The van der Waals surface area contributed by atoms with Crippen LogP contribution in [0.3, 0.4) is 0 Å². The molecular formula is C13H18N4S. The number of nitrogens with one attached hydrogen (secondary N) is 1. The molecule has 0 unspecified atom stereocenters. The first-order chi connectivity index (χ1) is 8.78. The third-order valence-corrected chi connectivity index (χ3v) is 4.04. The Hall–Kier alpha value is -1.36. The molecule has 1 N–H and O–H groups in total. The van der Waals surface area contributed by atoms with E-state index < -0.39 is 0 Å². The molecular weight excluding hydrogens is 244 g/mol. The molecule has 18 heavy (non-hydrogen) atoms. The van der Waals surface area contributed by atoms with E-state index >= 15 is 0 Å². The normalized spacial score (nSPS) is 15.0. The number of fused-ring (bicyclic) bond motifs is 1. The summed E-state index contributed by atoms with van der Waals surface area (Å²) in [5.74, 6) is 2.66. The third-order valence-electron chi connectivity index (χ3n) is 3.23. The van der Waals surface area contributed by atoms with E-state index in [1.165, 1.54) is 18.2 Å². The first-order valence-electron chi connectivity index (χ1n) is 6.48. The average Bonchev–Trinajstić information content (AvgIpc) is 3.04. The fourth-order valence-corrected chi connectivity index (χ4v) is 2.90. The second-order valence-electron chi connectivity index (χ2n) is 4.86. The molecule has 5 heteroatoms. The van der Waals surface area contributed by atoms with Gasteiger partial charge in [0.15, 0.2) is 0 Å². The summed E-state index contributed by atoms with van der Waals surface area (Å²) in [6, 6.07) is 2.12. The maximum Gasteiger partial charge on any atom is 0.226 e. The molecule has 96 valence electrons. The maximum atomic E-state index is 4.65. The highest BCUT2D eigenvalue weighted by molar-refractivity contribution is 7.16. The number of hydrogen-bond donors (Lipinski definition) is 1. The van der Waals surface area contributed by atoms with Crippen molar-refractivity contribution in [3.05, 3.63) is 11.4 Å². The molecule has 0 aromatic carbocycles. The zero-order valence-electron chi connectivity index (χ0n) is 10.8. The number of hydrogen-bond acceptors (Lipinski definition) is 5. The Labute approximate surface area is 111 Å². The van der Waals surface area contributed by atoms with E-state index in [-0.39, 0.29) is 0 Å². The first kappa shape index (κ1) is 11.7. The van der Waals surface area contributed by atoms with Gasteiger partial charge in [-0.1, -0.05) is 0 Å². The second kappa shape index (κ2) is 4.72. The predicted octanol–water partition coefficient (Wildman–Crippen LogP) is 2.97.